The van der Waals surface area contributed by atoms with E-state index < -0.39 is 24.3 Å². The highest BCUT2D eigenvalue weighted by molar-refractivity contribution is 5.98. The van der Waals surface area contributed by atoms with E-state index in [-0.39, 0.29) is 17.5 Å². The van der Waals surface area contributed by atoms with E-state index >= 15 is 0 Å². The topological polar surface area (TPSA) is 88.7 Å². The number of benzene rings is 1. The first kappa shape index (κ1) is 17.2. The number of anilines is 1. The molecule has 0 spiro atoms. The van der Waals surface area contributed by atoms with Crippen molar-refractivity contribution < 1.29 is 27.8 Å². The zero-order valence-electron chi connectivity index (χ0n) is 13.6. The molecule has 1 unspecified atom stereocenters. The first-order chi connectivity index (χ1) is 11.8. The van der Waals surface area contributed by atoms with Crippen molar-refractivity contribution in [1.82, 2.24) is 10.6 Å². The summed E-state index contributed by atoms with van der Waals surface area (Å²) >= 11 is 0. The molecule has 0 bridgehead atoms. The van der Waals surface area contributed by atoms with E-state index in [0.717, 1.165) is 25.7 Å². The molecule has 7 nitrogen and oxygen atoms in total. The highest BCUT2D eigenvalue weighted by Gasteiger charge is 2.43. The largest absolute Gasteiger partial charge is 0.586 e. The van der Waals surface area contributed by atoms with Crippen LogP contribution < -0.4 is 25.4 Å². The Kier molecular flexibility index (Phi) is 4.65. The number of amides is 3. The Morgan fingerprint density at radius 3 is 2.60 bits per heavy atom. The van der Waals surface area contributed by atoms with E-state index in [4.69, 9.17) is 0 Å². The number of hydrogen-bond donors (Lipinski definition) is 3. The van der Waals surface area contributed by atoms with Gasteiger partial charge in [-0.05, 0) is 31.9 Å². The Bertz CT molecular complexity index is 677. The lowest BCUT2D eigenvalue weighted by Crippen LogP contribution is -2.48. The number of nitrogens with one attached hydrogen (secondary N) is 3. The molecule has 136 valence electrons. The van der Waals surface area contributed by atoms with Gasteiger partial charge in [-0.15, -0.1) is 8.78 Å². The van der Waals surface area contributed by atoms with Gasteiger partial charge in [-0.3, -0.25) is 10.1 Å². The normalized spacial score (nSPS) is 19.3. The average Bonchev–Trinajstić information content (AvgIpc) is 3.12. The zero-order chi connectivity index (χ0) is 18.0. The molecular formula is C16H19F2N3O4. The fourth-order valence-electron chi connectivity index (χ4n) is 2.87. The second-order valence-corrected chi connectivity index (χ2v) is 6.14. The maximum atomic E-state index is 13.0. The predicted molar refractivity (Wildman–Crippen MR) is 84.7 cm³/mol. The van der Waals surface area contributed by atoms with E-state index in [2.05, 4.69) is 25.4 Å². The monoisotopic (exact) mass is 355 g/mol. The number of imide groups is 1. The van der Waals surface area contributed by atoms with E-state index in [9.17, 15) is 18.4 Å². The molecule has 1 atom stereocenters. The lowest BCUT2D eigenvalue weighted by atomic mass is 10.2. The van der Waals surface area contributed by atoms with E-state index in [0.29, 0.717) is 5.69 Å². The van der Waals surface area contributed by atoms with Crippen molar-refractivity contribution in [1.29, 1.82) is 0 Å². The highest BCUT2D eigenvalue weighted by Crippen LogP contribution is 2.42. The van der Waals surface area contributed by atoms with Gasteiger partial charge in [-0.1, -0.05) is 12.8 Å². The molecular weight excluding hydrogens is 336 g/mol. The fourth-order valence-corrected chi connectivity index (χ4v) is 2.87. The summed E-state index contributed by atoms with van der Waals surface area (Å²) in [5.41, 5.74) is 0.388. The Hall–Kier alpha value is -2.58. The minimum Gasteiger partial charge on any atom is -0.395 e. The van der Waals surface area contributed by atoms with Gasteiger partial charge in [0.1, 0.15) is 6.04 Å². The summed E-state index contributed by atoms with van der Waals surface area (Å²) in [6.45, 7) is 1.55. The van der Waals surface area contributed by atoms with E-state index in [1.807, 2.05) is 0 Å². The molecule has 3 N–H and O–H groups in total. The summed E-state index contributed by atoms with van der Waals surface area (Å²) < 4.78 is 34.7. The summed E-state index contributed by atoms with van der Waals surface area (Å²) in [6, 6.07) is 2.92. The van der Waals surface area contributed by atoms with Crippen LogP contribution in [0.15, 0.2) is 18.2 Å². The Morgan fingerprint density at radius 1 is 1.20 bits per heavy atom. The van der Waals surface area contributed by atoms with Crippen LogP contribution >= 0.6 is 0 Å². The molecule has 0 radical (unpaired) electrons. The molecule has 0 aromatic heterocycles. The molecule has 9 heteroatoms. The number of ether oxygens (including phenoxy) is 2. The zero-order valence-corrected chi connectivity index (χ0v) is 13.6. The van der Waals surface area contributed by atoms with Gasteiger partial charge in [0.05, 0.1) is 0 Å². The molecule has 3 amide bonds. The number of carbonyl (C=O) groups excluding carboxylic acids is 2. The first-order valence-corrected chi connectivity index (χ1v) is 8.10. The molecule has 1 aliphatic heterocycles. The number of alkyl halides is 2. The van der Waals surface area contributed by atoms with Crippen molar-refractivity contribution in [2.24, 2.45) is 0 Å². The summed E-state index contributed by atoms with van der Waals surface area (Å²) in [5.74, 6) is -0.733. The second-order valence-electron chi connectivity index (χ2n) is 6.14. The standard InChI is InChI=1S/C16H19F2N3O4/c1-9(14(22)21-15(23)20-10-4-2-3-5-10)19-11-6-7-12-13(8-11)25-16(17,18)24-12/h6-10,19H,2-5H2,1H3,(H2,20,21,22,23). The third-order valence-corrected chi connectivity index (χ3v) is 4.10. The maximum absolute atomic E-state index is 13.0. The number of hydrogen-bond acceptors (Lipinski definition) is 5. The van der Waals surface area contributed by atoms with Gasteiger partial charge in [0.2, 0.25) is 5.91 Å². The molecule has 3 rings (SSSR count). The summed E-state index contributed by atoms with van der Waals surface area (Å²) in [6.07, 6.45) is 0.275. The van der Waals surface area contributed by atoms with Crippen LogP contribution in [-0.2, 0) is 4.79 Å². The smallest absolute Gasteiger partial charge is 0.395 e. The number of rotatable bonds is 4. The molecule has 1 fully saturated rings. The van der Waals surface area contributed by atoms with Crippen molar-refractivity contribution in [3.63, 3.8) is 0 Å². The summed E-state index contributed by atoms with van der Waals surface area (Å²) in [4.78, 5) is 23.9. The molecule has 1 aromatic rings. The van der Waals surface area contributed by atoms with Gasteiger partial charge in [0.15, 0.2) is 11.5 Å². The van der Waals surface area contributed by atoms with Gasteiger partial charge < -0.3 is 20.1 Å². The molecule has 1 saturated carbocycles. The third kappa shape index (κ3) is 4.28. The maximum Gasteiger partial charge on any atom is 0.586 e. The van der Waals surface area contributed by atoms with E-state index in [1.54, 1.807) is 6.92 Å². The number of carbonyl (C=O) groups is 2. The van der Waals surface area contributed by atoms with Gasteiger partial charge >= 0.3 is 12.3 Å². The number of fused-ring (bicyclic) bond motifs is 1. The van der Waals surface area contributed by atoms with Gasteiger partial charge in [-0.25, -0.2) is 4.79 Å². The van der Waals surface area contributed by atoms with Crippen molar-refractivity contribution in [3.05, 3.63) is 18.2 Å². The van der Waals surface area contributed by atoms with Gasteiger partial charge in [0.25, 0.3) is 0 Å². The predicted octanol–water partition coefficient (Wildman–Crippen LogP) is 2.58. The quantitative estimate of drug-likeness (QED) is 0.773. The Morgan fingerprint density at radius 2 is 1.88 bits per heavy atom. The van der Waals surface area contributed by atoms with E-state index in [1.165, 1.54) is 18.2 Å². The fraction of sp³-hybridized carbons (Fsp3) is 0.500. The lowest BCUT2D eigenvalue weighted by Gasteiger charge is -2.17. The highest BCUT2D eigenvalue weighted by atomic mass is 19.3. The molecule has 0 saturated heterocycles. The van der Waals surface area contributed by atoms with Crippen molar-refractivity contribution in [3.8, 4) is 11.5 Å². The van der Waals surface area contributed by atoms with Crippen LogP contribution in [0.5, 0.6) is 11.5 Å². The van der Waals surface area contributed by atoms with Crippen molar-refractivity contribution in [2.45, 2.75) is 51.0 Å². The van der Waals surface area contributed by atoms with Crippen molar-refractivity contribution in [2.75, 3.05) is 5.32 Å². The summed E-state index contributed by atoms with van der Waals surface area (Å²) in [5, 5.41) is 7.84. The van der Waals surface area contributed by atoms with Crippen LogP contribution in [0.2, 0.25) is 0 Å². The Balaban J connectivity index is 1.52. The van der Waals surface area contributed by atoms with Crippen LogP contribution in [0.25, 0.3) is 0 Å². The Labute approximate surface area is 143 Å². The molecule has 1 aliphatic carbocycles. The number of urea groups is 1. The van der Waals surface area contributed by atoms with Crippen LogP contribution in [0.1, 0.15) is 32.6 Å². The van der Waals surface area contributed by atoms with Crippen molar-refractivity contribution >= 4 is 17.6 Å². The van der Waals surface area contributed by atoms with Gasteiger partial charge in [-0.2, -0.15) is 0 Å². The minimum absolute atomic E-state index is 0.0800. The minimum atomic E-state index is -3.69. The van der Waals surface area contributed by atoms with Crippen LogP contribution in [-0.4, -0.2) is 30.3 Å². The van der Waals surface area contributed by atoms with Crippen LogP contribution in [0.3, 0.4) is 0 Å². The van der Waals surface area contributed by atoms with Crippen LogP contribution in [0.4, 0.5) is 19.3 Å². The lowest BCUT2D eigenvalue weighted by molar-refractivity contribution is -0.286. The number of halogens is 2. The SMILES string of the molecule is CC(Nc1ccc2c(c1)OC(F)(F)O2)C(=O)NC(=O)NC1CCCC1. The molecule has 25 heavy (non-hydrogen) atoms. The first-order valence-electron chi connectivity index (χ1n) is 8.10. The van der Waals surface area contributed by atoms with Gasteiger partial charge in [0, 0.05) is 17.8 Å². The molecule has 2 aliphatic rings. The molecule has 1 aromatic carbocycles. The summed E-state index contributed by atoms with van der Waals surface area (Å²) in [7, 11) is 0. The third-order valence-electron chi connectivity index (χ3n) is 4.10. The molecule has 1 heterocycles. The second kappa shape index (κ2) is 6.73. The van der Waals surface area contributed by atoms with Crippen LogP contribution in [0, 0.1) is 0 Å². The average molecular weight is 355 g/mol.